The Kier molecular flexibility index (Phi) is 5.07. The molecule has 0 heterocycles. The number of halogens is 1. The topological polar surface area (TPSA) is 49.4 Å². The smallest absolute Gasteiger partial charge is 0.253 e. The fourth-order valence-corrected chi connectivity index (χ4v) is 3.65. The van der Waals surface area contributed by atoms with E-state index in [0.29, 0.717) is 29.7 Å². The Morgan fingerprint density at radius 2 is 1.73 bits per heavy atom. The van der Waals surface area contributed by atoms with Crippen LogP contribution < -0.4 is 5.32 Å². The molecule has 4 nitrogen and oxygen atoms in total. The summed E-state index contributed by atoms with van der Waals surface area (Å²) in [6, 6.07) is 13.2. The van der Waals surface area contributed by atoms with Gasteiger partial charge in [0.2, 0.25) is 5.91 Å². The van der Waals surface area contributed by atoms with E-state index in [4.69, 9.17) is 0 Å². The average Bonchev–Trinajstić information content (AvgIpc) is 3.12. The van der Waals surface area contributed by atoms with Gasteiger partial charge in [-0.2, -0.15) is 0 Å². The number of carbonyl (C=O) groups is 2. The van der Waals surface area contributed by atoms with E-state index in [1.54, 1.807) is 44.4 Å². The molecule has 3 rings (SSSR count). The lowest BCUT2D eigenvalue weighted by Gasteiger charge is -2.28. The maximum atomic E-state index is 13.7. The van der Waals surface area contributed by atoms with Gasteiger partial charge in [0.25, 0.3) is 5.91 Å². The van der Waals surface area contributed by atoms with Crippen LogP contribution in [0.1, 0.15) is 41.6 Å². The molecule has 0 saturated heterocycles. The maximum absolute atomic E-state index is 13.7. The summed E-state index contributed by atoms with van der Waals surface area (Å²) < 4.78 is 13.7. The van der Waals surface area contributed by atoms with Gasteiger partial charge >= 0.3 is 0 Å². The lowest BCUT2D eigenvalue weighted by atomic mass is 9.78. The summed E-state index contributed by atoms with van der Waals surface area (Å²) in [5, 5.41) is 2.94. The number of carbonyl (C=O) groups excluding carboxylic acids is 2. The summed E-state index contributed by atoms with van der Waals surface area (Å²) in [7, 11) is 3.37. The molecule has 2 amide bonds. The first-order valence-electron chi connectivity index (χ1n) is 8.82. The maximum Gasteiger partial charge on any atom is 0.253 e. The van der Waals surface area contributed by atoms with Gasteiger partial charge in [-0.15, -0.1) is 0 Å². The van der Waals surface area contributed by atoms with E-state index in [-0.39, 0.29) is 17.6 Å². The monoisotopic (exact) mass is 354 g/mol. The first-order chi connectivity index (χ1) is 12.4. The predicted molar refractivity (Wildman–Crippen MR) is 99.6 cm³/mol. The molecule has 0 unspecified atom stereocenters. The third kappa shape index (κ3) is 3.47. The highest BCUT2D eigenvalue weighted by Gasteiger charge is 2.42. The number of benzene rings is 2. The van der Waals surface area contributed by atoms with Crippen molar-refractivity contribution in [1.82, 2.24) is 4.90 Å². The number of hydrogen-bond donors (Lipinski definition) is 1. The zero-order valence-corrected chi connectivity index (χ0v) is 15.1. The molecule has 0 aromatic heterocycles. The molecule has 1 aliphatic carbocycles. The molecule has 0 bridgehead atoms. The molecule has 5 heteroatoms. The molecule has 0 spiro atoms. The first kappa shape index (κ1) is 18.1. The van der Waals surface area contributed by atoms with Crippen molar-refractivity contribution in [1.29, 1.82) is 0 Å². The molecule has 2 aromatic rings. The van der Waals surface area contributed by atoms with Crippen LogP contribution >= 0.6 is 0 Å². The normalized spacial score (nSPS) is 15.5. The first-order valence-corrected chi connectivity index (χ1v) is 8.82. The van der Waals surface area contributed by atoms with Gasteiger partial charge in [-0.3, -0.25) is 9.59 Å². The Hall–Kier alpha value is -2.69. The fourth-order valence-electron chi connectivity index (χ4n) is 3.65. The van der Waals surface area contributed by atoms with E-state index in [0.717, 1.165) is 12.8 Å². The third-order valence-corrected chi connectivity index (χ3v) is 5.04. The van der Waals surface area contributed by atoms with Crippen LogP contribution in [0.25, 0.3) is 0 Å². The number of nitrogens with one attached hydrogen (secondary N) is 1. The van der Waals surface area contributed by atoms with Crippen LogP contribution in [-0.2, 0) is 10.2 Å². The van der Waals surface area contributed by atoms with Crippen molar-refractivity contribution in [3.63, 3.8) is 0 Å². The van der Waals surface area contributed by atoms with Crippen LogP contribution in [0.3, 0.4) is 0 Å². The number of nitrogens with zero attached hydrogens (tertiary/aromatic N) is 1. The number of rotatable bonds is 4. The van der Waals surface area contributed by atoms with Crippen LogP contribution in [0, 0.1) is 5.82 Å². The van der Waals surface area contributed by atoms with Gasteiger partial charge in [-0.05, 0) is 48.7 Å². The lowest BCUT2D eigenvalue weighted by Crippen LogP contribution is -2.38. The minimum absolute atomic E-state index is 0.123. The molecule has 2 aromatic carbocycles. The van der Waals surface area contributed by atoms with Crippen molar-refractivity contribution in [3.8, 4) is 0 Å². The highest BCUT2D eigenvalue weighted by molar-refractivity contribution is 6.01. The van der Waals surface area contributed by atoms with Crippen LogP contribution in [-0.4, -0.2) is 30.8 Å². The zero-order chi connectivity index (χ0) is 18.7. The molecule has 26 heavy (non-hydrogen) atoms. The second-order valence-electron chi connectivity index (χ2n) is 7.03. The molecular weight excluding hydrogens is 331 g/mol. The van der Waals surface area contributed by atoms with Gasteiger partial charge in [0.15, 0.2) is 0 Å². The zero-order valence-electron chi connectivity index (χ0n) is 15.1. The van der Waals surface area contributed by atoms with Crippen molar-refractivity contribution in [2.75, 3.05) is 19.4 Å². The van der Waals surface area contributed by atoms with Gasteiger partial charge in [0.1, 0.15) is 5.82 Å². The van der Waals surface area contributed by atoms with Crippen LogP contribution in [0.4, 0.5) is 10.1 Å². The van der Waals surface area contributed by atoms with Gasteiger partial charge in [-0.1, -0.05) is 31.0 Å². The molecule has 0 aliphatic heterocycles. The third-order valence-electron chi connectivity index (χ3n) is 5.04. The standard InChI is InChI=1S/C21H23FN2O2/c1-24(2)19(25)15-7-5-10-18(13-15)23-20(26)21(11-3-4-12-21)16-8-6-9-17(22)14-16/h5-10,13-14H,3-4,11-12H2,1-2H3,(H,23,26). The summed E-state index contributed by atoms with van der Waals surface area (Å²) in [6.45, 7) is 0. The number of anilines is 1. The molecule has 0 atom stereocenters. The lowest BCUT2D eigenvalue weighted by molar-refractivity contribution is -0.121. The highest BCUT2D eigenvalue weighted by atomic mass is 19.1. The van der Waals surface area contributed by atoms with E-state index in [2.05, 4.69) is 5.32 Å². The van der Waals surface area contributed by atoms with Crippen LogP contribution in [0.2, 0.25) is 0 Å². The van der Waals surface area contributed by atoms with E-state index >= 15 is 0 Å². The molecule has 1 saturated carbocycles. The van der Waals surface area contributed by atoms with E-state index in [1.165, 1.54) is 17.0 Å². The summed E-state index contributed by atoms with van der Waals surface area (Å²) in [5.74, 6) is -0.600. The molecular formula is C21H23FN2O2. The second-order valence-corrected chi connectivity index (χ2v) is 7.03. The van der Waals surface area contributed by atoms with Crippen molar-refractivity contribution >= 4 is 17.5 Å². The van der Waals surface area contributed by atoms with Crippen molar-refractivity contribution in [2.24, 2.45) is 0 Å². The Bertz CT molecular complexity index is 826. The average molecular weight is 354 g/mol. The van der Waals surface area contributed by atoms with Crippen molar-refractivity contribution < 1.29 is 14.0 Å². The fraction of sp³-hybridized carbons (Fsp3) is 0.333. The summed E-state index contributed by atoms with van der Waals surface area (Å²) in [5.41, 5.74) is 1.08. The predicted octanol–water partition coefficient (Wildman–Crippen LogP) is 3.98. The van der Waals surface area contributed by atoms with E-state index < -0.39 is 5.41 Å². The Morgan fingerprint density at radius 3 is 2.38 bits per heavy atom. The molecule has 1 N–H and O–H groups in total. The highest BCUT2D eigenvalue weighted by Crippen LogP contribution is 2.42. The molecule has 0 radical (unpaired) electrons. The number of hydrogen-bond acceptors (Lipinski definition) is 2. The minimum Gasteiger partial charge on any atom is -0.345 e. The molecule has 136 valence electrons. The Morgan fingerprint density at radius 1 is 1.04 bits per heavy atom. The summed E-state index contributed by atoms with van der Waals surface area (Å²) in [4.78, 5) is 26.8. The minimum atomic E-state index is -0.719. The Labute approximate surface area is 153 Å². The number of amides is 2. The summed E-state index contributed by atoms with van der Waals surface area (Å²) >= 11 is 0. The largest absolute Gasteiger partial charge is 0.345 e. The van der Waals surface area contributed by atoms with E-state index in [9.17, 15) is 14.0 Å². The molecule has 1 fully saturated rings. The van der Waals surface area contributed by atoms with Crippen LogP contribution in [0.15, 0.2) is 48.5 Å². The van der Waals surface area contributed by atoms with Crippen LogP contribution in [0.5, 0.6) is 0 Å². The van der Waals surface area contributed by atoms with Gasteiger partial charge in [0.05, 0.1) is 5.41 Å². The second kappa shape index (κ2) is 7.28. The van der Waals surface area contributed by atoms with Crippen molar-refractivity contribution in [2.45, 2.75) is 31.1 Å². The van der Waals surface area contributed by atoms with E-state index in [1.807, 2.05) is 6.07 Å². The quantitative estimate of drug-likeness (QED) is 0.903. The van der Waals surface area contributed by atoms with Gasteiger partial charge in [-0.25, -0.2) is 4.39 Å². The SMILES string of the molecule is CN(C)C(=O)c1cccc(NC(=O)C2(c3cccc(F)c3)CCCC2)c1. The van der Waals surface area contributed by atoms with Gasteiger partial charge < -0.3 is 10.2 Å². The molecule has 1 aliphatic rings. The van der Waals surface area contributed by atoms with Gasteiger partial charge in [0, 0.05) is 25.3 Å². The Balaban J connectivity index is 1.88. The summed E-state index contributed by atoms with van der Waals surface area (Å²) in [6.07, 6.45) is 3.25. The van der Waals surface area contributed by atoms with Crippen molar-refractivity contribution in [3.05, 3.63) is 65.5 Å².